The van der Waals surface area contributed by atoms with Gasteiger partial charge in [0.1, 0.15) is 6.33 Å². The zero-order chi connectivity index (χ0) is 14.5. The Morgan fingerprint density at radius 3 is 2.75 bits per heavy atom. The molecule has 1 N–H and O–H groups in total. The molecule has 0 aliphatic rings. The molecule has 0 saturated carbocycles. The maximum absolute atomic E-state index is 10.6. The Morgan fingerprint density at radius 2 is 2.10 bits per heavy atom. The number of thioether (sulfide) groups is 1. The van der Waals surface area contributed by atoms with E-state index in [0.29, 0.717) is 16.7 Å². The Morgan fingerprint density at radius 1 is 1.35 bits per heavy atom. The van der Waals surface area contributed by atoms with Gasteiger partial charge in [0.15, 0.2) is 16.7 Å². The molecule has 8 heteroatoms. The summed E-state index contributed by atoms with van der Waals surface area (Å²) in [5.74, 6) is 0.209. The van der Waals surface area contributed by atoms with Crippen molar-refractivity contribution < 1.29 is 19.4 Å². The number of carboxylic acids is 1. The summed E-state index contributed by atoms with van der Waals surface area (Å²) in [6, 6.07) is 5.35. The quantitative estimate of drug-likeness (QED) is 0.807. The van der Waals surface area contributed by atoms with Crippen LogP contribution in [0.5, 0.6) is 11.5 Å². The lowest BCUT2D eigenvalue weighted by Gasteiger charge is -2.10. The molecule has 0 fully saturated rings. The van der Waals surface area contributed by atoms with Crippen molar-refractivity contribution >= 4 is 17.7 Å². The van der Waals surface area contributed by atoms with Gasteiger partial charge in [-0.05, 0) is 12.1 Å². The van der Waals surface area contributed by atoms with E-state index in [1.54, 1.807) is 30.9 Å². The van der Waals surface area contributed by atoms with Crippen molar-refractivity contribution in [1.29, 1.82) is 0 Å². The lowest BCUT2D eigenvalue weighted by Crippen LogP contribution is -2.02. The Hall–Kier alpha value is -2.22. The molecule has 20 heavy (non-hydrogen) atoms. The number of hydrogen-bond acceptors (Lipinski definition) is 6. The van der Waals surface area contributed by atoms with Crippen molar-refractivity contribution in [3.8, 4) is 17.2 Å². The molecular formula is C12H13N3O4S. The van der Waals surface area contributed by atoms with Crippen molar-refractivity contribution in [3.05, 3.63) is 24.5 Å². The van der Waals surface area contributed by atoms with E-state index in [0.717, 1.165) is 17.4 Å². The molecule has 0 amide bonds. The number of hydrogen-bond donors (Lipinski definition) is 1. The highest BCUT2D eigenvalue weighted by atomic mass is 32.2. The predicted molar refractivity (Wildman–Crippen MR) is 72.8 cm³/mol. The van der Waals surface area contributed by atoms with Crippen molar-refractivity contribution in [2.24, 2.45) is 0 Å². The average Bonchev–Trinajstić information content (AvgIpc) is 2.92. The number of benzene rings is 1. The monoisotopic (exact) mass is 295 g/mol. The zero-order valence-electron chi connectivity index (χ0n) is 10.9. The second-order valence-corrected chi connectivity index (χ2v) is 4.65. The molecule has 0 radical (unpaired) electrons. The van der Waals surface area contributed by atoms with E-state index in [2.05, 4.69) is 10.2 Å². The van der Waals surface area contributed by atoms with E-state index >= 15 is 0 Å². The Kier molecular flexibility index (Phi) is 4.46. The summed E-state index contributed by atoms with van der Waals surface area (Å²) in [6.45, 7) is 0. The molecule has 1 aromatic carbocycles. The molecule has 2 aromatic rings. The SMILES string of the molecule is COc1ccc(-n2cnnc2SCC(=O)O)cc1OC. The number of rotatable bonds is 6. The summed E-state index contributed by atoms with van der Waals surface area (Å²) in [4.78, 5) is 10.6. The topological polar surface area (TPSA) is 86.5 Å². The molecule has 7 nitrogen and oxygen atoms in total. The van der Waals surface area contributed by atoms with E-state index in [1.807, 2.05) is 6.07 Å². The number of nitrogens with zero attached hydrogens (tertiary/aromatic N) is 3. The molecule has 2 rings (SSSR count). The molecule has 106 valence electrons. The first kappa shape index (κ1) is 14.2. The van der Waals surface area contributed by atoms with Crippen molar-refractivity contribution in [2.75, 3.05) is 20.0 Å². The number of carboxylic acid groups (broad SMARTS) is 1. The van der Waals surface area contributed by atoms with Crippen LogP contribution in [-0.2, 0) is 4.79 Å². The van der Waals surface area contributed by atoms with Crippen LogP contribution in [0.15, 0.2) is 29.7 Å². The van der Waals surface area contributed by atoms with Gasteiger partial charge in [-0.3, -0.25) is 9.36 Å². The summed E-state index contributed by atoms with van der Waals surface area (Å²) in [6.07, 6.45) is 1.52. The van der Waals surface area contributed by atoms with E-state index in [9.17, 15) is 4.79 Å². The smallest absolute Gasteiger partial charge is 0.313 e. The van der Waals surface area contributed by atoms with Crippen LogP contribution in [0.4, 0.5) is 0 Å². The third kappa shape index (κ3) is 3.02. The lowest BCUT2D eigenvalue weighted by atomic mass is 10.2. The summed E-state index contributed by atoms with van der Waals surface area (Å²) in [7, 11) is 3.11. The summed E-state index contributed by atoms with van der Waals surface area (Å²) >= 11 is 1.10. The van der Waals surface area contributed by atoms with Crippen molar-refractivity contribution in [1.82, 2.24) is 14.8 Å². The largest absolute Gasteiger partial charge is 0.493 e. The highest BCUT2D eigenvalue weighted by molar-refractivity contribution is 7.99. The zero-order valence-corrected chi connectivity index (χ0v) is 11.8. The summed E-state index contributed by atoms with van der Waals surface area (Å²) in [5, 5.41) is 16.9. The van der Waals surface area contributed by atoms with Crippen LogP contribution in [-0.4, -0.2) is 45.8 Å². The van der Waals surface area contributed by atoms with Gasteiger partial charge in [0.2, 0.25) is 0 Å². The first-order chi connectivity index (χ1) is 9.65. The maximum atomic E-state index is 10.6. The average molecular weight is 295 g/mol. The minimum absolute atomic E-state index is 0.0774. The van der Waals surface area contributed by atoms with E-state index in [-0.39, 0.29) is 5.75 Å². The molecule has 1 heterocycles. The molecule has 0 unspecified atom stereocenters. The van der Waals surface area contributed by atoms with E-state index in [4.69, 9.17) is 14.6 Å². The fourth-order valence-electron chi connectivity index (χ4n) is 1.60. The van der Waals surface area contributed by atoms with Crippen LogP contribution in [0.2, 0.25) is 0 Å². The molecule has 1 aromatic heterocycles. The maximum Gasteiger partial charge on any atom is 0.313 e. The number of ether oxygens (including phenoxy) is 2. The Bertz CT molecular complexity index is 614. The van der Waals surface area contributed by atoms with E-state index < -0.39 is 5.97 Å². The molecule has 0 bridgehead atoms. The van der Waals surface area contributed by atoms with Crippen LogP contribution in [0, 0.1) is 0 Å². The first-order valence-electron chi connectivity index (χ1n) is 5.62. The van der Waals surface area contributed by atoms with Crippen LogP contribution < -0.4 is 9.47 Å². The lowest BCUT2D eigenvalue weighted by molar-refractivity contribution is -0.133. The van der Waals surface area contributed by atoms with Crippen molar-refractivity contribution in [2.45, 2.75) is 5.16 Å². The molecule has 0 atom stereocenters. The fraction of sp³-hybridized carbons (Fsp3) is 0.250. The third-order valence-electron chi connectivity index (χ3n) is 2.49. The van der Waals surface area contributed by atoms with Gasteiger partial charge in [-0.1, -0.05) is 11.8 Å². The molecule has 0 aliphatic heterocycles. The number of methoxy groups -OCH3 is 2. The second-order valence-electron chi connectivity index (χ2n) is 3.71. The Labute approximate surface area is 119 Å². The van der Waals surface area contributed by atoms with Gasteiger partial charge in [0, 0.05) is 6.07 Å². The molecule has 0 saturated heterocycles. The number of aliphatic carboxylic acids is 1. The van der Waals surface area contributed by atoms with Gasteiger partial charge < -0.3 is 14.6 Å². The standard InChI is InChI=1S/C12H13N3O4S/c1-18-9-4-3-8(5-10(9)19-2)15-7-13-14-12(15)20-6-11(16)17/h3-5,7H,6H2,1-2H3,(H,16,17). The summed E-state index contributed by atoms with van der Waals surface area (Å²) in [5.41, 5.74) is 0.764. The van der Waals surface area contributed by atoms with Crippen molar-refractivity contribution in [3.63, 3.8) is 0 Å². The van der Waals surface area contributed by atoms with Crippen LogP contribution in [0.1, 0.15) is 0 Å². The molecular weight excluding hydrogens is 282 g/mol. The minimum atomic E-state index is -0.906. The van der Waals surface area contributed by atoms with Gasteiger partial charge in [-0.2, -0.15) is 0 Å². The van der Waals surface area contributed by atoms with Gasteiger partial charge in [-0.15, -0.1) is 10.2 Å². The molecule has 0 aliphatic carbocycles. The van der Waals surface area contributed by atoms with Crippen LogP contribution in [0.3, 0.4) is 0 Å². The van der Waals surface area contributed by atoms with E-state index in [1.165, 1.54) is 6.33 Å². The predicted octanol–water partition coefficient (Wildman–Crippen LogP) is 1.46. The highest BCUT2D eigenvalue weighted by Gasteiger charge is 2.11. The second kappa shape index (κ2) is 6.29. The fourth-order valence-corrected chi connectivity index (χ4v) is 2.25. The number of aromatic nitrogens is 3. The Balaban J connectivity index is 2.32. The number of carbonyl (C=O) groups is 1. The van der Waals surface area contributed by atoms with Gasteiger partial charge >= 0.3 is 5.97 Å². The van der Waals surface area contributed by atoms with Gasteiger partial charge in [0.25, 0.3) is 0 Å². The normalized spacial score (nSPS) is 10.3. The highest BCUT2D eigenvalue weighted by Crippen LogP contribution is 2.30. The third-order valence-corrected chi connectivity index (χ3v) is 3.41. The van der Waals surface area contributed by atoms with Gasteiger partial charge in [-0.25, -0.2) is 0 Å². The summed E-state index contributed by atoms with van der Waals surface area (Å²) < 4.78 is 12.1. The van der Waals surface area contributed by atoms with Crippen LogP contribution >= 0.6 is 11.8 Å². The minimum Gasteiger partial charge on any atom is -0.493 e. The van der Waals surface area contributed by atoms with Gasteiger partial charge in [0.05, 0.1) is 25.7 Å². The molecule has 0 spiro atoms. The van der Waals surface area contributed by atoms with Crippen LogP contribution in [0.25, 0.3) is 5.69 Å². The first-order valence-corrected chi connectivity index (χ1v) is 6.61.